The summed E-state index contributed by atoms with van der Waals surface area (Å²) >= 11 is 0. The average molecular weight is 229 g/mol. The first-order valence-corrected chi connectivity index (χ1v) is 6.22. The van der Waals surface area contributed by atoms with Crippen LogP contribution in [0.5, 0.6) is 0 Å². The van der Waals surface area contributed by atoms with Crippen LogP contribution in [-0.2, 0) is 13.0 Å². The van der Waals surface area contributed by atoms with Crippen molar-refractivity contribution in [3.05, 3.63) is 47.7 Å². The number of aryl methyl sites for hydroxylation is 1. The molecule has 0 unspecified atom stereocenters. The molecule has 0 aliphatic carbocycles. The lowest BCUT2D eigenvalue weighted by Crippen LogP contribution is -2.10. The van der Waals surface area contributed by atoms with Gasteiger partial charge in [0.2, 0.25) is 0 Å². The smallest absolute Gasteiger partial charge is 0.134 e. The van der Waals surface area contributed by atoms with E-state index in [4.69, 9.17) is 4.42 Å². The number of furan rings is 1. The van der Waals surface area contributed by atoms with E-state index in [-0.39, 0.29) is 0 Å². The van der Waals surface area contributed by atoms with Crippen LogP contribution in [-0.4, -0.2) is 6.54 Å². The summed E-state index contributed by atoms with van der Waals surface area (Å²) < 4.78 is 5.78. The van der Waals surface area contributed by atoms with Gasteiger partial charge in [0.15, 0.2) is 0 Å². The molecule has 0 spiro atoms. The van der Waals surface area contributed by atoms with Crippen LogP contribution in [0.15, 0.2) is 40.8 Å². The largest absolute Gasteiger partial charge is 0.460 e. The van der Waals surface area contributed by atoms with Gasteiger partial charge in [0.1, 0.15) is 11.5 Å². The van der Waals surface area contributed by atoms with Crippen LogP contribution in [0.25, 0.3) is 11.3 Å². The highest BCUT2D eigenvalue weighted by Crippen LogP contribution is 2.22. The molecule has 0 atom stereocenters. The van der Waals surface area contributed by atoms with Crippen molar-refractivity contribution in [3.63, 3.8) is 0 Å². The first-order valence-electron chi connectivity index (χ1n) is 6.22. The van der Waals surface area contributed by atoms with Crippen molar-refractivity contribution in [1.29, 1.82) is 0 Å². The van der Waals surface area contributed by atoms with Crippen LogP contribution in [0.4, 0.5) is 0 Å². The lowest BCUT2D eigenvalue weighted by molar-refractivity contribution is 0.498. The Labute approximate surface area is 103 Å². The van der Waals surface area contributed by atoms with Crippen LogP contribution in [0.2, 0.25) is 0 Å². The molecule has 0 aliphatic rings. The van der Waals surface area contributed by atoms with E-state index >= 15 is 0 Å². The van der Waals surface area contributed by atoms with Crippen molar-refractivity contribution in [2.45, 2.75) is 26.8 Å². The lowest BCUT2D eigenvalue weighted by Gasteiger charge is -2.00. The third kappa shape index (κ3) is 2.98. The van der Waals surface area contributed by atoms with Crippen molar-refractivity contribution in [3.8, 4) is 11.3 Å². The van der Waals surface area contributed by atoms with Gasteiger partial charge in [0, 0.05) is 5.56 Å². The van der Waals surface area contributed by atoms with E-state index in [9.17, 15) is 0 Å². The van der Waals surface area contributed by atoms with Gasteiger partial charge >= 0.3 is 0 Å². The Hall–Kier alpha value is -1.54. The first-order chi connectivity index (χ1) is 8.33. The minimum atomic E-state index is 0.795. The van der Waals surface area contributed by atoms with Gasteiger partial charge in [-0.05, 0) is 30.7 Å². The molecule has 0 fully saturated rings. The van der Waals surface area contributed by atoms with Gasteiger partial charge in [-0.25, -0.2) is 0 Å². The Morgan fingerprint density at radius 3 is 2.41 bits per heavy atom. The van der Waals surface area contributed by atoms with Crippen molar-refractivity contribution in [1.82, 2.24) is 5.32 Å². The zero-order chi connectivity index (χ0) is 12.1. The number of rotatable bonds is 5. The lowest BCUT2D eigenvalue weighted by atomic mass is 10.1. The molecule has 1 heterocycles. The molecule has 1 aromatic heterocycles. The Morgan fingerprint density at radius 2 is 1.76 bits per heavy atom. The van der Waals surface area contributed by atoms with E-state index in [0.29, 0.717) is 0 Å². The summed E-state index contributed by atoms with van der Waals surface area (Å²) in [5, 5.41) is 3.25. The predicted octanol–water partition coefficient (Wildman–Crippen LogP) is 3.62. The number of hydrogen-bond acceptors (Lipinski definition) is 2. The molecular weight excluding hydrogens is 210 g/mol. The molecule has 2 rings (SSSR count). The molecule has 0 bridgehead atoms. The Balaban J connectivity index is 2.12. The fraction of sp³-hybridized carbons (Fsp3) is 0.333. The van der Waals surface area contributed by atoms with Gasteiger partial charge in [-0.15, -0.1) is 0 Å². The van der Waals surface area contributed by atoms with Gasteiger partial charge in [-0.1, -0.05) is 38.1 Å². The maximum Gasteiger partial charge on any atom is 0.134 e. The highest BCUT2D eigenvalue weighted by molar-refractivity contribution is 5.57. The summed E-state index contributed by atoms with van der Waals surface area (Å²) in [7, 11) is 0. The fourth-order valence-electron chi connectivity index (χ4n) is 1.78. The molecule has 0 aliphatic heterocycles. The molecule has 1 N–H and O–H groups in total. The number of hydrogen-bond donors (Lipinski definition) is 1. The third-order valence-corrected chi connectivity index (χ3v) is 2.86. The zero-order valence-electron chi connectivity index (χ0n) is 10.5. The number of nitrogens with one attached hydrogen (secondary N) is 1. The maximum atomic E-state index is 5.78. The Kier molecular flexibility index (Phi) is 3.99. The van der Waals surface area contributed by atoms with Gasteiger partial charge in [-0.2, -0.15) is 0 Å². The molecule has 0 saturated heterocycles. The van der Waals surface area contributed by atoms with Gasteiger partial charge in [-0.3, -0.25) is 0 Å². The van der Waals surface area contributed by atoms with E-state index in [1.54, 1.807) is 0 Å². The van der Waals surface area contributed by atoms with Gasteiger partial charge < -0.3 is 9.73 Å². The van der Waals surface area contributed by atoms with Crippen LogP contribution in [0.1, 0.15) is 25.2 Å². The van der Waals surface area contributed by atoms with Gasteiger partial charge in [0.05, 0.1) is 6.54 Å². The van der Waals surface area contributed by atoms with E-state index < -0.39 is 0 Å². The summed E-state index contributed by atoms with van der Waals surface area (Å²) in [6.07, 6.45) is 1.07. The number of benzene rings is 1. The van der Waals surface area contributed by atoms with Crippen molar-refractivity contribution < 1.29 is 4.42 Å². The van der Waals surface area contributed by atoms with E-state index in [1.807, 2.05) is 12.1 Å². The molecule has 2 aromatic rings. The van der Waals surface area contributed by atoms with Crippen molar-refractivity contribution >= 4 is 0 Å². The highest BCUT2D eigenvalue weighted by Gasteiger charge is 2.04. The molecule has 0 radical (unpaired) electrons. The zero-order valence-corrected chi connectivity index (χ0v) is 10.5. The highest BCUT2D eigenvalue weighted by atomic mass is 16.3. The van der Waals surface area contributed by atoms with Gasteiger partial charge in [0.25, 0.3) is 0 Å². The van der Waals surface area contributed by atoms with Crippen LogP contribution in [0, 0.1) is 0 Å². The average Bonchev–Trinajstić information content (AvgIpc) is 2.85. The second kappa shape index (κ2) is 5.69. The topological polar surface area (TPSA) is 25.2 Å². The summed E-state index contributed by atoms with van der Waals surface area (Å²) in [5.41, 5.74) is 2.50. The Morgan fingerprint density at radius 1 is 1.00 bits per heavy atom. The summed E-state index contributed by atoms with van der Waals surface area (Å²) in [5.74, 6) is 1.93. The van der Waals surface area contributed by atoms with Crippen LogP contribution >= 0.6 is 0 Å². The summed E-state index contributed by atoms with van der Waals surface area (Å²) in [6.45, 7) is 6.01. The molecule has 2 nitrogen and oxygen atoms in total. The minimum Gasteiger partial charge on any atom is -0.460 e. The SMILES string of the molecule is CCNCc1ccc(-c2ccc(CC)cc2)o1. The van der Waals surface area contributed by atoms with Crippen LogP contribution in [0.3, 0.4) is 0 Å². The standard InChI is InChI=1S/C15H19NO/c1-3-12-5-7-13(8-6-12)15-10-9-14(17-15)11-16-4-2/h5-10,16H,3-4,11H2,1-2H3. The molecule has 17 heavy (non-hydrogen) atoms. The molecule has 1 aromatic carbocycles. The second-order valence-corrected chi connectivity index (χ2v) is 4.10. The normalized spacial score (nSPS) is 10.7. The Bertz CT molecular complexity index is 456. The van der Waals surface area contributed by atoms with Crippen molar-refractivity contribution in [2.75, 3.05) is 6.54 Å². The molecule has 0 saturated carbocycles. The molecular formula is C15H19NO. The van der Waals surface area contributed by atoms with E-state index in [0.717, 1.165) is 36.6 Å². The maximum absolute atomic E-state index is 5.78. The fourth-order valence-corrected chi connectivity index (χ4v) is 1.78. The van der Waals surface area contributed by atoms with Crippen LogP contribution < -0.4 is 5.32 Å². The van der Waals surface area contributed by atoms with E-state index in [1.165, 1.54) is 5.56 Å². The first kappa shape index (κ1) is 11.9. The second-order valence-electron chi connectivity index (χ2n) is 4.10. The molecule has 0 amide bonds. The van der Waals surface area contributed by atoms with E-state index in [2.05, 4.69) is 43.4 Å². The summed E-state index contributed by atoms with van der Waals surface area (Å²) in [6, 6.07) is 12.6. The third-order valence-electron chi connectivity index (χ3n) is 2.86. The minimum absolute atomic E-state index is 0.795. The predicted molar refractivity (Wildman–Crippen MR) is 70.9 cm³/mol. The quantitative estimate of drug-likeness (QED) is 0.847. The summed E-state index contributed by atoms with van der Waals surface area (Å²) in [4.78, 5) is 0. The molecule has 2 heteroatoms. The molecule has 90 valence electrons. The monoisotopic (exact) mass is 229 g/mol. The van der Waals surface area contributed by atoms with Crippen molar-refractivity contribution in [2.24, 2.45) is 0 Å².